The van der Waals surface area contributed by atoms with Crippen molar-refractivity contribution in [2.45, 2.75) is 20.3 Å². The first-order valence-corrected chi connectivity index (χ1v) is 8.31. The van der Waals surface area contributed by atoms with Crippen LogP contribution in [0, 0.1) is 13.8 Å². The van der Waals surface area contributed by atoms with Gasteiger partial charge in [0.1, 0.15) is 0 Å². The topological polar surface area (TPSA) is 45.2 Å². The molecule has 1 aromatic carbocycles. The molecule has 0 unspecified atom stereocenters. The van der Waals surface area contributed by atoms with Crippen molar-refractivity contribution >= 4 is 11.5 Å². The van der Waals surface area contributed by atoms with Crippen LogP contribution in [0.3, 0.4) is 0 Å². The molecule has 2 aromatic rings. The van der Waals surface area contributed by atoms with Gasteiger partial charge in [0.2, 0.25) is 0 Å². The van der Waals surface area contributed by atoms with Gasteiger partial charge in [-0.2, -0.15) is 0 Å². The fourth-order valence-electron chi connectivity index (χ4n) is 3.03. The van der Waals surface area contributed by atoms with E-state index in [2.05, 4.69) is 27.3 Å². The number of aryl methyl sites for hydroxylation is 2. The van der Waals surface area contributed by atoms with Crippen LogP contribution in [-0.4, -0.2) is 35.5 Å². The quantitative estimate of drug-likeness (QED) is 0.941. The van der Waals surface area contributed by atoms with E-state index < -0.39 is 0 Å². The molecule has 0 atom stereocenters. The number of amides is 1. The number of aromatic nitrogens is 1. The largest absolute Gasteiger partial charge is 0.339 e. The average Bonchev–Trinajstić information content (AvgIpc) is 2.60. The Balaban J connectivity index is 1.55. The number of nitrogens with zero attached hydrogens (tertiary/aromatic N) is 2. The van der Waals surface area contributed by atoms with Crippen molar-refractivity contribution in [2.24, 2.45) is 0 Å². The number of carbonyl (C=O) groups is 1. The summed E-state index contributed by atoms with van der Waals surface area (Å²) < 4.78 is 0. The van der Waals surface area contributed by atoms with Crippen LogP contribution in [-0.2, 0) is 0 Å². The highest BCUT2D eigenvalue weighted by molar-refractivity contribution is 5.94. The molecule has 1 aromatic heterocycles. The van der Waals surface area contributed by atoms with Crippen LogP contribution in [0.1, 0.15) is 33.6 Å². The van der Waals surface area contributed by atoms with Crippen molar-refractivity contribution in [2.75, 3.05) is 19.8 Å². The summed E-state index contributed by atoms with van der Waals surface area (Å²) in [7, 11) is 0. The summed E-state index contributed by atoms with van der Waals surface area (Å²) in [5, 5.41) is 3.02. The van der Waals surface area contributed by atoms with E-state index in [1.54, 1.807) is 0 Å². The minimum absolute atomic E-state index is 0.0127. The highest BCUT2D eigenvalue weighted by Gasteiger charge is 2.14. The fourth-order valence-corrected chi connectivity index (χ4v) is 3.03. The Morgan fingerprint density at radius 1 is 1.21 bits per heavy atom. The van der Waals surface area contributed by atoms with Gasteiger partial charge < -0.3 is 5.32 Å². The van der Waals surface area contributed by atoms with Crippen molar-refractivity contribution in [1.82, 2.24) is 15.2 Å². The molecular weight excluding hydrogens is 298 g/mol. The van der Waals surface area contributed by atoms with Crippen LogP contribution in [0.4, 0.5) is 0 Å². The minimum atomic E-state index is -0.0127. The third kappa shape index (κ3) is 4.09. The van der Waals surface area contributed by atoms with E-state index in [4.69, 9.17) is 0 Å². The van der Waals surface area contributed by atoms with E-state index in [1.807, 2.05) is 50.4 Å². The summed E-state index contributed by atoms with van der Waals surface area (Å²) in [5.74, 6) is -0.0127. The molecule has 3 rings (SSSR count). The number of benzene rings is 1. The lowest BCUT2D eigenvalue weighted by Gasteiger charge is -2.26. The van der Waals surface area contributed by atoms with Crippen molar-refractivity contribution in [1.29, 1.82) is 0 Å². The number of pyridine rings is 1. The molecule has 4 heteroatoms. The summed E-state index contributed by atoms with van der Waals surface area (Å²) in [6.07, 6.45) is 4.98. The zero-order chi connectivity index (χ0) is 16.9. The normalized spacial score (nSPS) is 15.0. The molecule has 0 bridgehead atoms. The highest BCUT2D eigenvalue weighted by Crippen LogP contribution is 2.19. The lowest BCUT2D eigenvalue weighted by atomic mass is 10.0. The van der Waals surface area contributed by atoms with E-state index in [0.717, 1.165) is 41.9 Å². The van der Waals surface area contributed by atoms with Crippen molar-refractivity contribution in [3.05, 3.63) is 71.1 Å². The summed E-state index contributed by atoms with van der Waals surface area (Å²) in [6.45, 7) is 6.35. The Hall–Kier alpha value is -2.46. The van der Waals surface area contributed by atoms with Gasteiger partial charge in [-0.25, -0.2) is 0 Å². The molecule has 1 amide bonds. The van der Waals surface area contributed by atoms with E-state index >= 15 is 0 Å². The number of hydrogen-bond acceptors (Lipinski definition) is 3. The molecule has 0 spiro atoms. The van der Waals surface area contributed by atoms with Crippen molar-refractivity contribution < 1.29 is 4.79 Å². The lowest BCUT2D eigenvalue weighted by Crippen LogP contribution is -2.39. The molecule has 0 saturated carbocycles. The fraction of sp³-hybridized carbons (Fsp3) is 0.300. The third-order valence-electron chi connectivity index (χ3n) is 4.23. The standard InChI is InChI=1S/C20H23N3O/c1-15-11-16(2)13-18(12-15)20(24)22-14-23-9-6-17(7-10-23)19-5-3-4-8-21-19/h3-6,8,11-13H,7,9-10,14H2,1-2H3,(H,22,24). The molecule has 1 N–H and O–H groups in total. The predicted octanol–water partition coefficient (Wildman–Crippen LogP) is 3.18. The van der Waals surface area contributed by atoms with E-state index in [-0.39, 0.29) is 5.91 Å². The Morgan fingerprint density at radius 2 is 2.00 bits per heavy atom. The van der Waals surface area contributed by atoms with Gasteiger partial charge in [0.15, 0.2) is 0 Å². The number of carbonyl (C=O) groups excluding carboxylic acids is 1. The Kier molecular flexibility index (Phi) is 5.06. The first-order valence-electron chi connectivity index (χ1n) is 8.31. The van der Waals surface area contributed by atoms with Gasteiger partial charge in [0.25, 0.3) is 5.91 Å². The molecule has 1 aliphatic heterocycles. The maximum Gasteiger partial charge on any atom is 0.252 e. The molecule has 2 heterocycles. The first kappa shape index (κ1) is 16.4. The zero-order valence-electron chi connectivity index (χ0n) is 14.2. The van der Waals surface area contributed by atoms with Gasteiger partial charge in [0, 0.05) is 24.8 Å². The Morgan fingerprint density at radius 3 is 2.62 bits per heavy atom. The monoisotopic (exact) mass is 321 g/mol. The zero-order valence-corrected chi connectivity index (χ0v) is 14.2. The van der Waals surface area contributed by atoms with Gasteiger partial charge in [-0.3, -0.25) is 14.7 Å². The second-order valence-corrected chi connectivity index (χ2v) is 6.31. The van der Waals surface area contributed by atoms with Crippen LogP contribution >= 0.6 is 0 Å². The van der Waals surface area contributed by atoms with E-state index in [9.17, 15) is 4.79 Å². The van der Waals surface area contributed by atoms with Crippen LogP contribution < -0.4 is 5.32 Å². The predicted molar refractivity (Wildman–Crippen MR) is 96.7 cm³/mol. The molecular formula is C20H23N3O. The second kappa shape index (κ2) is 7.41. The molecule has 4 nitrogen and oxygen atoms in total. The van der Waals surface area contributed by atoms with Gasteiger partial charge in [-0.05, 0) is 50.1 Å². The van der Waals surface area contributed by atoms with Gasteiger partial charge >= 0.3 is 0 Å². The maximum absolute atomic E-state index is 12.3. The van der Waals surface area contributed by atoms with E-state index in [1.165, 1.54) is 5.57 Å². The summed E-state index contributed by atoms with van der Waals surface area (Å²) in [5.41, 5.74) is 5.29. The summed E-state index contributed by atoms with van der Waals surface area (Å²) in [6, 6.07) is 11.9. The van der Waals surface area contributed by atoms with Crippen molar-refractivity contribution in [3.63, 3.8) is 0 Å². The van der Waals surface area contributed by atoms with Crippen LogP contribution in [0.2, 0.25) is 0 Å². The molecule has 0 aliphatic carbocycles. The molecule has 0 saturated heterocycles. The number of nitrogens with one attached hydrogen (secondary N) is 1. The average molecular weight is 321 g/mol. The highest BCUT2D eigenvalue weighted by atomic mass is 16.1. The summed E-state index contributed by atoms with van der Waals surface area (Å²) >= 11 is 0. The number of rotatable bonds is 4. The lowest BCUT2D eigenvalue weighted by molar-refractivity contribution is 0.0926. The second-order valence-electron chi connectivity index (χ2n) is 6.31. The Bertz CT molecular complexity index is 732. The molecule has 1 aliphatic rings. The van der Waals surface area contributed by atoms with E-state index in [0.29, 0.717) is 6.67 Å². The number of hydrogen-bond donors (Lipinski definition) is 1. The van der Waals surface area contributed by atoms with Crippen molar-refractivity contribution in [3.8, 4) is 0 Å². The summed E-state index contributed by atoms with van der Waals surface area (Å²) in [4.78, 5) is 18.9. The molecule has 0 fully saturated rings. The smallest absolute Gasteiger partial charge is 0.252 e. The van der Waals surface area contributed by atoms with Gasteiger partial charge in [-0.1, -0.05) is 29.3 Å². The van der Waals surface area contributed by atoms with Crippen LogP contribution in [0.25, 0.3) is 5.57 Å². The minimum Gasteiger partial charge on any atom is -0.339 e. The molecule has 124 valence electrons. The van der Waals surface area contributed by atoms with Gasteiger partial charge in [-0.15, -0.1) is 0 Å². The van der Waals surface area contributed by atoms with Crippen LogP contribution in [0.5, 0.6) is 0 Å². The maximum atomic E-state index is 12.3. The molecule has 24 heavy (non-hydrogen) atoms. The van der Waals surface area contributed by atoms with Gasteiger partial charge in [0.05, 0.1) is 12.4 Å². The molecule has 0 radical (unpaired) electrons. The first-order chi connectivity index (χ1) is 11.6. The Labute approximate surface area is 143 Å². The van der Waals surface area contributed by atoms with Crippen LogP contribution in [0.15, 0.2) is 48.7 Å². The third-order valence-corrected chi connectivity index (χ3v) is 4.23. The SMILES string of the molecule is Cc1cc(C)cc(C(=O)NCN2CC=C(c3ccccn3)CC2)c1.